The highest BCUT2D eigenvalue weighted by atomic mass is 32.1. The van der Waals surface area contributed by atoms with Gasteiger partial charge in [-0.15, -0.1) is 11.3 Å². The Bertz CT molecular complexity index is 1090. The van der Waals surface area contributed by atoms with E-state index in [1.807, 2.05) is 66.0 Å². The van der Waals surface area contributed by atoms with Crippen molar-refractivity contribution >= 4 is 17.2 Å². The van der Waals surface area contributed by atoms with Crippen LogP contribution in [0.4, 0.5) is 0 Å². The standard InChI is InChI=1S/C23H21N3O2S/c1-28-19-10-5-7-17(15-19)22-21(16-26(25-22)18-8-3-2-4-9-18)23(27)24-13-12-20-11-6-14-29-20/h2-11,14-16H,12-13H2,1H3,(H,24,27). The zero-order valence-electron chi connectivity index (χ0n) is 16.0. The molecule has 0 aliphatic carbocycles. The van der Waals surface area contributed by atoms with Gasteiger partial charge in [-0.2, -0.15) is 5.10 Å². The molecule has 0 saturated heterocycles. The van der Waals surface area contributed by atoms with Crippen LogP contribution in [-0.4, -0.2) is 29.3 Å². The van der Waals surface area contributed by atoms with E-state index in [4.69, 9.17) is 9.84 Å². The van der Waals surface area contributed by atoms with Gasteiger partial charge in [0.1, 0.15) is 11.4 Å². The van der Waals surface area contributed by atoms with Crippen LogP contribution in [0.2, 0.25) is 0 Å². The number of ether oxygens (including phenoxy) is 1. The maximum atomic E-state index is 13.0. The van der Waals surface area contributed by atoms with Gasteiger partial charge in [0.05, 0.1) is 18.4 Å². The Labute approximate surface area is 173 Å². The monoisotopic (exact) mass is 403 g/mol. The first-order valence-corrected chi connectivity index (χ1v) is 10.2. The molecule has 2 aromatic carbocycles. The van der Waals surface area contributed by atoms with Gasteiger partial charge >= 0.3 is 0 Å². The summed E-state index contributed by atoms with van der Waals surface area (Å²) in [5, 5.41) is 9.78. The smallest absolute Gasteiger partial charge is 0.255 e. The van der Waals surface area contributed by atoms with Gasteiger partial charge < -0.3 is 10.1 Å². The number of benzene rings is 2. The first-order chi connectivity index (χ1) is 14.2. The van der Waals surface area contributed by atoms with Crippen LogP contribution in [0.3, 0.4) is 0 Å². The topological polar surface area (TPSA) is 56.2 Å². The lowest BCUT2D eigenvalue weighted by molar-refractivity contribution is 0.0955. The number of para-hydroxylation sites is 1. The molecule has 5 nitrogen and oxygen atoms in total. The van der Waals surface area contributed by atoms with Crippen LogP contribution in [-0.2, 0) is 6.42 Å². The maximum Gasteiger partial charge on any atom is 0.255 e. The number of aromatic nitrogens is 2. The van der Waals surface area contributed by atoms with Crippen molar-refractivity contribution in [3.8, 4) is 22.7 Å². The van der Waals surface area contributed by atoms with Crippen LogP contribution in [0.15, 0.2) is 78.3 Å². The molecule has 0 aliphatic rings. The number of amides is 1. The summed E-state index contributed by atoms with van der Waals surface area (Å²) in [6.07, 6.45) is 2.59. The third kappa shape index (κ3) is 4.38. The van der Waals surface area contributed by atoms with E-state index < -0.39 is 0 Å². The fourth-order valence-electron chi connectivity index (χ4n) is 3.09. The lowest BCUT2D eigenvalue weighted by Gasteiger charge is -2.06. The Hall–Kier alpha value is -3.38. The average molecular weight is 404 g/mol. The number of carbonyl (C=O) groups is 1. The number of hydrogen-bond donors (Lipinski definition) is 1. The van der Waals surface area contributed by atoms with Gasteiger partial charge in [-0.1, -0.05) is 36.4 Å². The molecular weight excluding hydrogens is 382 g/mol. The molecule has 6 heteroatoms. The van der Waals surface area contributed by atoms with E-state index in [1.54, 1.807) is 29.3 Å². The van der Waals surface area contributed by atoms with E-state index in [1.165, 1.54) is 4.88 Å². The van der Waals surface area contributed by atoms with Crippen molar-refractivity contribution < 1.29 is 9.53 Å². The molecule has 0 atom stereocenters. The van der Waals surface area contributed by atoms with Crippen LogP contribution >= 0.6 is 11.3 Å². The molecule has 0 aliphatic heterocycles. The molecule has 1 N–H and O–H groups in total. The molecule has 2 heterocycles. The highest BCUT2D eigenvalue weighted by molar-refractivity contribution is 7.09. The molecule has 2 aromatic heterocycles. The van der Waals surface area contributed by atoms with Crippen LogP contribution in [0.25, 0.3) is 16.9 Å². The number of hydrogen-bond acceptors (Lipinski definition) is 4. The van der Waals surface area contributed by atoms with Gasteiger partial charge in [0.2, 0.25) is 0 Å². The van der Waals surface area contributed by atoms with Crippen molar-refractivity contribution in [2.24, 2.45) is 0 Å². The van der Waals surface area contributed by atoms with Crippen molar-refractivity contribution in [3.63, 3.8) is 0 Å². The Morgan fingerprint density at radius 2 is 1.97 bits per heavy atom. The minimum absolute atomic E-state index is 0.137. The average Bonchev–Trinajstić information content (AvgIpc) is 3.44. The van der Waals surface area contributed by atoms with Crippen LogP contribution in [0.1, 0.15) is 15.2 Å². The number of rotatable bonds is 7. The highest BCUT2D eigenvalue weighted by Crippen LogP contribution is 2.27. The van der Waals surface area contributed by atoms with E-state index >= 15 is 0 Å². The molecule has 146 valence electrons. The molecule has 0 spiro atoms. The number of carbonyl (C=O) groups excluding carboxylic acids is 1. The third-order valence-electron chi connectivity index (χ3n) is 4.56. The van der Waals surface area contributed by atoms with E-state index in [0.29, 0.717) is 17.8 Å². The van der Waals surface area contributed by atoms with E-state index in [-0.39, 0.29) is 5.91 Å². The quantitative estimate of drug-likeness (QED) is 0.491. The Balaban J connectivity index is 1.64. The highest BCUT2D eigenvalue weighted by Gasteiger charge is 2.19. The molecule has 0 saturated carbocycles. The van der Waals surface area contributed by atoms with Crippen molar-refractivity contribution in [2.75, 3.05) is 13.7 Å². The Morgan fingerprint density at radius 1 is 1.10 bits per heavy atom. The summed E-state index contributed by atoms with van der Waals surface area (Å²) in [6, 6.07) is 21.5. The molecule has 0 radical (unpaired) electrons. The molecule has 1 amide bonds. The van der Waals surface area contributed by atoms with E-state index in [2.05, 4.69) is 11.4 Å². The van der Waals surface area contributed by atoms with Crippen molar-refractivity contribution in [1.29, 1.82) is 0 Å². The largest absolute Gasteiger partial charge is 0.497 e. The summed E-state index contributed by atoms with van der Waals surface area (Å²) < 4.78 is 7.08. The van der Waals surface area contributed by atoms with Gasteiger partial charge in [0, 0.05) is 23.2 Å². The molecule has 0 bridgehead atoms. The van der Waals surface area contributed by atoms with Gasteiger partial charge in [-0.05, 0) is 42.1 Å². The molecule has 4 rings (SSSR count). The number of thiophene rings is 1. The van der Waals surface area contributed by atoms with Crippen LogP contribution in [0, 0.1) is 0 Å². The first-order valence-electron chi connectivity index (χ1n) is 9.34. The predicted octanol–water partition coefficient (Wildman–Crippen LogP) is 4.58. The van der Waals surface area contributed by atoms with Crippen molar-refractivity contribution in [2.45, 2.75) is 6.42 Å². The van der Waals surface area contributed by atoms with Gasteiger partial charge in [-0.3, -0.25) is 4.79 Å². The minimum atomic E-state index is -0.137. The van der Waals surface area contributed by atoms with Crippen LogP contribution in [0.5, 0.6) is 5.75 Å². The summed E-state index contributed by atoms with van der Waals surface area (Å²) in [7, 11) is 1.62. The molecule has 0 unspecified atom stereocenters. The molecular formula is C23H21N3O2S. The summed E-state index contributed by atoms with van der Waals surface area (Å²) >= 11 is 1.69. The SMILES string of the molecule is COc1cccc(-c2nn(-c3ccccc3)cc2C(=O)NCCc2cccs2)c1. The third-order valence-corrected chi connectivity index (χ3v) is 5.50. The first kappa shape index (κ1) is 19.0. The van der Waals surface area contributed by atoms with Crippen molar-refractivity contribution in [3.05, 3.63) is 88.7 Å². The maximum absolute atomic E-state index is 13.0. The van der Waals surface area contributed by atoms with Crippen molar-refractivity contribution in [1.82, 2.24) is 15.1 Å². The predicted molar refractivity (Wildman–Crippen MR) is 116 cm³/mol. The summed E-state index contributed by atoms with van der Waals surface area (Å²) in [4.78, 5) is 14.2. The Kier molecular flexibility index (Phi) is 5.72. The van der Waals surface area contributed by atoms with E-state index in [9.17, 15) is 4.79 Å². The fraction of sp³-hybridized carbons (Fsp3) is 0.130. The minimum Gasteiger partial charge on any atom is -0.497 e. The normalized spacial score (nSPS) is 10.7. The molecule has 4 aromatic rings. The fourth-order valence-corrected chi connectivity index (χ4v) is 3.79. The second kappa shape index (κ2) is 8.75. The summed E-state index contributed by atoms with van der Waals surface area (Å²) in [5.74, 6) is 0.586. The van der Waals surface area contributed by atoms with Gasteiger partial charge in [-0.25, -0.2) is 4.68 Å². The second-order valence-corrected chi connectivity index (χ2v) is 7.52. The summed E-state index contributed by atoms with van der Waals surface area (Å²) in [6.45, 7) is 0.577. The second-order valence-electron chi connectivity index (χ2n) is 6.49. The summed E-state index contributed by atoms with van der Waals surface area (Å²) in [5.41, 5.74) is 2.89. The zero-order chi connectivity index (χ0) is 20.1. The van der Waals surface area contributed by atoms with E-state index in [0.717, 1.165) is 23.4 Å². The van der Waals surface area contributed by atoms with Gasteiger partial charge in [0.25, 0.3) is 5.91 Å². The lowest BCUT2D eigenvalue weighted by Crippen LogP contribution is -2.25. The van der Waals surface area contributed by atoms with Gasteiger partial charge in [0.15, 0.2) is 0 Å². The molecule has 0 fully saturated rings. The molecule has 29 heavy (non-hydrogen) atoms. The number of nitrogens with one attached hydrogen (secondary N) is 1. The Morgan fingerprint density at radius 3 is 2.72 bits per heavy atom. The number of methoxy groups -OCH3 is 1. The van der Waals surface area contributed by atoms with Crippen LogP contribution < -0.4 is 10.1 Å². The zero-order valence-corrected chi connectivity index (χ0v) is 16.9. The number of nitrogens with zero attached hydrogens (tertiary/aromatic N) is 2. The lowest BCUT2D eigenvalue weighted by atomic mass is 10.1.